The first-order valence-corrected chi connectivity index (χ1v) is 5.18. The molecule has 1 heterocycles. The third-order valence-corrected chi connectivity index (χ3v) is 2.42. The Morgan fingerprint density at radius 1 is 1.50 bits per heavy atom. The number of nitrogens with zero attached hydrogens (tertiary/aromatic N) is 3. The maximum Gasteiger partial charge on any atom is 0.408 e. The van der Waals surface area contributed by atoms with Gasteiger partial charge in [-0.1, -0.05) is 0 Å². The Kier molecular flexibility index (Phi) is 4.22. The third kappa shape index (κ3) is 2.94. The molecule has 1 aromatic rings. The summed E-state index contributed by atoms with van der Waals surface area (Å²) >= 11 is 5.71. The Morgan fingerprint density at radius 2 is 2.06 bits per heavy atom. The lowest BCUT2D eigenvalue weighted by molar-refractivity contribution is -0.388. The van der Waals surface area contributed by atoms with Gasteiger partial charge in [0.2, 0.25) is 5.82 Å². The lowest BCUT2D eigenvalue weighted by atomic mass is 10.1. The van der Waals surface area contributed by atoms with Crippen molar-refractivity contribution in [3.05, 3.63) is 15.3 Å². The van der Waals surface area contributed by atoms with Gasteiger partial charge in [-0.05, 0) is 28.4 Å². The summed E-state index contributed by atoms with van der Waals surface area (Å²) < 4.78 is 0. The number of nitrogens with one attached hydrogen (secondary N) is 1. The Morgan fingerprint density at radius 3 is 2.50 bits per heavy atom. The highest BCUT2D eigenvalue weighted by atomic mass is 35.5. The van der Waals surface area contributed by atoms with E-state index in [0.29, 0.717) is 0 Å². The van der Waals surface area contributed by atoms with Crippen molar-refractivity contribution in [2.24, 2.45) is 0 Å². The minimum absolute atomic E-state index is 0.0506. The van der Waals surface area contributed by atoms with Gasteiger partial charge in [0.25, 0.3) is 5.15 Å². The second-order valence-corrected chi connectivity index (χ2v) is 4.19. The van der Waals surface area contributed by atoms with E-state index in [1.807, 2.05) is 0 Å². The van der Waals surface area contributed by atoms with Crippen LogP contribution in [0, 0.1) is 10.1 Å². The summed E-state index contributed by atoms with van der Waals surface area (Å²) in [6, 6.07) is 0. The quantitative estimate of drug-likeness (QED) is 0.426. The van der Waals surface area contributed by atoms with Gasteiger partial charge >= 0.3 is 5.82 Å². The number of aromatic nitrogens is 2. The minimum atomic E-state index is -1.10. The Hall–Kier alpha value is -1.71. The number of nitro groups is 1. The van der Waals surface area contributed by atoms with E-state index in [4.69, 9.17) is 27.5 Å². The van der Waals surface area contributed by atoms with E-state index < -0.39 is 35.3 Å². The molecule has 0 atom stereocenters. The molecule has 9 nitrogen and oxygen atoms in total. The lowest BCUT2D eigenvalue weighted by Gasteiger charge is -2.26. The van der Waals surface area contributed by atoms with Crippen molar-refractivity contribution in [3.63, 3.8) is 0 Å². The summed E-state index contributed by atoms with van der Waals surface area (Å²) in [7, 11) is 0. The molecule has 0 saturated heterocycles. The predicted molar refractivity (Wildman–Crippen MR) is 64.3 cm³/mol. The SMILES string of the molecule is CC(CO)(CO)Nc1nc(N)c([N+](=O)[O-])nc1Cl. The summed E-state index contributed by atoms with van der Waals surface area (Å²) in [4.78, 5) is 16.9. The zero-order valence-corrected chi connectivity index (χ0v) is 10.2. The van der Waals surface area contributed by atoms with E-state index in [0.717, 1.165) is 0 Å². The number of aliphatic hydroxyl groups excluding tert-OH is 2. The second kappa shape index (κ2) is 5.29. The van der Waals surface area contributed by atoms with E-state index in [1.54, 1.807) is 0 Å². The maximum absolute atomic E-state index is 10.5. The van der Waals surface area contributed by atoms with Crippen molar-refractivity contribution in [2.75, 3.05) is 24.3 Å². The highest BCUT2D eigenvalue weighted by molar-refractivity contribution is 6.31. The van der Waals surface area contributed by atoms with Crippen LogP contribution >= 0.6 is 11.6 Å². The number of aliphatic hydroxyl groups is 2. The molecular weight excluding hydrogens is 266 g/mol. The normalized spacial score (nSPS) is 11.3. The number of nitrogens with two attached hydrogens (primary N) is 1. The van der Waals surface area contributed by atoms with Crippen molar-refractivity contribution in [1.29, 1.82) is 0 Å². The van der Waals surface area contributed by atoms with Crippen molar-refractivity contribution >= 4 is 29.1 Å². The van der Waals surface area contributed by atoms with Crippen molar-refractivity contribution < 1.29 is 15.1 Å². The van der Waals surface area contributed by atoms with Gasteiger partial charge in [0.05, 0.1) is 18.8 Å². The fourth-order valence-electron chi connectivity index (χ4n) is 1.05. The van der Waals surface area contributed by atoms with Crippen LogP contribution in [0.15, 0.2) is 0 Å². The largest absolute Gasteiger partial charge is 0.408 e. The molecule has 0 aliphatic carbocycles. The number of halogens is 1. The highest BCUT2D eigenvalue weighted by Crippen LogP contribution is 2.26. The van der Waals surface area contributed by atoms with E-state index in [9.17, 15) is 10.1 Å². The highest BCUT2D eigenvalue weighted by Gasteiger charge is 2.27. The fourth-order valence-corrected chi connectivity index (χ4v) is 1.22. The van der Waals surface area contributed by atoms with Crippen LogP contribution in [0.4, 0.5) is 17.5 Å². The van der Waals surface area contributed by atoms with Crippen LogP contribution < -0.4 is 11.1 Å². The summed E-state index contributed by atoms with van der Waals surface area (Å²) in [6.07, 6.45) is 0. The van der Waals surface area contributed by atoms with Crippen molar-refractivity contribution in [2.45, 2.75) is 12.5 Å². The van der Waals surface area contributed by atoms with Gasteiger partial charge in [-0.2, -0.15) is 0 Å². The molecule has 0 amide bonds. The maximum atomic E-state index is 10.5. The standard InChI is InChI=1S/C8H12ClN5O4/c1-8(2-15,3-16)13-6-4(9)11-7(14(17)18)5(10)12-6/h15-16H,2-3H2,1H3,(H3,10,12,13). The Balaban J connectivity index is 3.12. The molecule has 0 unspecified atom stereocenters. The van der Waals surface area contributed by atoms with Crippen LogP contribution in [-0.4, -0.2) is 43.9 Å². The molecule has 0 fully saturated rings. The summed E-state index contributed by atoms with van der Waals surface area (Å²) in [5.74, 6) is -1.12. The van der Waals surface area contributed by atoms with Gasteiger partial charge in [0, 0.05) is 0 Å². The molecule has 0 bridgehead atoms. The van der Waals surface area contributed by atoms with Crippen LogP contribution in [0.5, 0.6) is 0 Å². The average Bonchev–Trinajstić information content (AvgIpc) is 2.32. The zero-order chi connectivity index (χ0) is 13.9. The molecule has 0 aromatic carbocycles. The van der Waals surface area contributed by atoms with Crippen LogP contribution in [-0.2, 0) is 0 Å². The molecule has 0 aliphatic heterocycles. The Bertz CT molecular complexity index is 465. The van der Waals surface area contributed by atoms with Gasteiger partial charge in [0.1, 0.15) is 0 Å². The molecule has 0 radical (unpaired) electrons. The summed E-state index contributed by atoms with van der Waals surface area (Å²) in [6.45, 7) is 0.694. The Labute approximate surface area is 107 Å². The lowest BCUT2D eigenvalue weighted by Crippen LogP contribution is -2.43. The number of rotatable bonds is 5. The first-order chi connectivity index (χ1) is 8.33. The minimum Gasteiger partial charge on any atom is -0.394 e. The van der Waals surface area contributed by atoms with E-state index >= 15 is 0 Å². The monoisotopic (exact) mass is 277 g/mol. The van der Waals surface area contributed by atoms with Gasteiger partial charge < -0.3 is 31.4 Å². The molecule has 18 heavy (non-hydrogen) atoms. The fraction of sp³-hybridized carbons (Fsp3) is 0.500. The van der Waals surface area contributed by atoms with Gasteiger partial charge in [-0.25, -0.2) is 4.98 Å². The van der Waals surface area contributed by atoms with Crippen molar-refractivity contribution in [1.82, 2.24) is 9.97 Å². The van der Waals surface area contributed by atoms with Gasteiger partial charge in [-0.3, -0.25) is 0 Å². The first kappa shape index (κ1) is 14.4. The van der Waals surface area contributed by atoms with Crippen LogP contribution in [0.25, 0.3) is 0 Å². The van der Waals surface area contributed by atoms with Crippen molar-refractivity contribution in [3.8, 4) is 0 Å². The topological polar surface area (TPSA) is 147 Å². The van der Waals surface area contributed by atoms with E-state index in [2.05, 4.69) is 15.3 Å². The zero-order valence-electron chi connectivity index (χ0n) is 9.42. The third-order valence-electron chi connectivity index (χ3n) is 2.15. The molecule has 0 spiro atoms. The van der Waals surface area contributed by atoms with E-state index in [-0.39, 0.29) is 11.0 Å². The predicted octanol–water partition coefficient (Wildman–Crippen LogP) is -0.224. The number of anilines is 2. The molecule has 10 heteroatoms. The molecular formula is C8H12ClN5O4. The summed E-state index contributed by atoms with van der Waals surface area (Å²) in [5.41, 5.74) is 4.26. The van der Waals surface area contributed by atoms with Crippen LogP contribution in [0.2, 0.25) is 5.15 Å². The first-order valence-electron chi connectivity index (χ1n) is 4.80. The molecule has 1 aromatic heterocycles. The van der Waals surface area contributed by atoms with Crippen LogP contribution in [0.3, 0.4) is 0 Å². The van der Waals surface area contributed by atoms with E-state index in [1.165, 1.54) is 6.92 Å². The molecule has 0 aliphatic rings. The van der Waals surface area contributed by atoms with Gasteiger partial charge in [0.15, 0.2) is 5.82 Å². The number of nitrogen functional groups attached to an aromatic ring is 1. The van der Waals surface area contributed by atoms with Crippen LogP contribution in [0.1, 0.15) is 6.92 Å². The second-order valence-electron chi connectivity index (χ2n) is 3.83. The molecule has 100 valence electrons. The number of hydrogen-bond donors (Lipinski definition) is 4. The summed E-state index contributed by atoms with van der Waals surface area (Å²) in [5, 5.41) is 31.1. The molecule has 1 rings (SSSR count). The smallest absolute Gasteiger partial charge is 0.394 e. The molecule has 5 N–H and O–H groups in total. The molecule has 0 saturated carbocycles. The number of hydrogen-bond acceptors (Lipinski definition) is 8. The average molecular weight is 278 g/mol. The van der Waals surface area contributed by atoms with Gasteiger partial charge in [-0.15, -0.1) is 0 Å².